The summed E-state index contributed by atoms with van der Waals surface area (Å²) in [6.07, 6.45) is 0. The average molecular weight is 302 g/mol. The van der Waals surface area contributed by atoms with Crippen LogP contribution in [-0.2, 0) is 0 Å². The van der Waals surface area contributed by atoms with E-state index in [9.17, 15) is 4.79 Å². The fourth-order valence-electron chi connectivity index (χ4n) is 2.42. The van der Waals surface area contributed by atoms with Crippen molar-refractivity contribution in [1.29, 1.82) is 0 Å². The molecule has 2 aromatic rings. The lowest BCUT2D eigenvalue weighted by molar-refractivity contribution is 0.0740. The van der Waals surface area contributed by atoms with E-state index in [2.05, 4.69) is 11.4 Å². The molecule has 1 aliphatic heterocycles. The summed E-state index contributed by atoms with van der Waals surface area (Å²) in [5.41, 5.74) is 1.51. The normalized spacial score (nSPS) is 14.6. The second-order valence-electron chi connectivity index (χ2n) is 5.06. The van der Waals surface area contributed by atoms with Gasteiger partial charge < -0.3 is 15.0 Å². The highest BCUT2D eigenvalue weighted by Crippen LogP contribution is 2.33. The molecule has 0 fully saturated rings. The first-order valence-corrected chi connectivity index (χ1v) is 7.86. The number of anilines is 1. The van der Waals surface area contributed by atoms with Crippen molar-refractivity contribution in [2.45, 2.75) is 13.0 Å². The van der Waals surface area contributed by atoms with E-state index in [1.807, 2.05) is 43.6 Å². The minimum absolute atomic E-state index is 0.0172. The molecule has 0 radical (unpaired) electrons. The number of nitrogens with zero attached hydrogens (tertiary/aromatic N) is 1. The van der Waals surface area contributed by atoms with E-state index < -0.39 is 0 Å². The molecule has 1 aromatic carbocycles. The van der Waals surface area contributed by atoms with E-state index in [0.717, 1.165) is 12.2 Å². The maximum absolute atomic E-state index is 12.8. The molecule has 1 atom stereocenters. The number of benzene rings is 1. The summed E-state index contributed by atoms with van der Waals surface area (Å²) < 4.78 is 5.69. The number of hydrogen-bond acceptors (Lipinski definition) is 4. The van der Waals surface area contributed by atoms with Crippen LogP contribution in [0.25, 0.3) is 0 Å². The van der Waals surface area contributed by atoms with E-state index >= 15 is 0 Å². The Hall–Kier alpha value is -2.01. The first kappa shape index (κ1) is 13.9. The Morgan fingerprint density at radius 3 is 3.00 bits per heavy atom. The van der Waals surface area contributed by atoms with Crippen molar-refractivity contribution in [3.63, 3.8) is 0 Å². The van der Waals surface area contributed by atoms with Gasteiger partial charge in [-0.2, -0.15) is 0 Å². The Morgan fingerprint density at radius 2 is 2.24 bits per heavy atom. The number of carbonyl (C=O) groups is 1. The topological polar surface area (TPSA) is 41.6 Å². The molecule has 4 nitrogen and oxygen atoms in total. The maximum atomic E-state index is 12.8. The number of fused-ring (bicyclic) bond motifs is 1. The number of ether oxygens (including phenoxy) is 1. The molecule has 5 heteroatoms. The number of para-hydroxylation sites is 1. The molecule has 1 aliphatic rings. The molecule has 0 aliphatic carbocycles. The average Bonchev–Trinajstić information content (AvgIpc) is 3.06. The predicted molar refractivity (Wildman–Crippen MR) is 85.3 cm³/mol. The number of nitrogens with one attached hydrogen (secondary N) is 1. The smallest absolute Gasteiger partial charge is 0.257 e. The van der Waals surface area contributed by atoms with Gasteiger partial charge in [0.15, 0.2) is 5.75 Å². The predicted octanol–water partition coefficient (Wildman–Crippen LogP) is 3.39. The van der Waals surface area contributed by atoms with Crippen LogP contribution >= 0.6 is 11.3 Å². The fraction of sp³-hybridized carbons (Fsp3) is 0.312. The number of carbonyl (C=O) groups excluding carboxylic acids is 1. The Kier molecular flexibility index (Phi) is 3.84. The van der Waals surface area contributed by atoms with E-state index in [0.29, 0.717) is 17.9 Å². The van der Waals surface area contributed by atoms with Crippen LogP contribution in [0, 0.1) is 0 Å². The molecule has 1 N–H and O–H groups in total. The van der Waals surface area contributed by atoms with Crippen LogP contribution in [-0.4, -0.2) is 31.0 Å². The van der Waals surface area contributed by atoms with Crippen molar-refractivity contribution in [3.8, 4) is 5.75 Å². The van der Waals surface area contributed by atoms with Gasteiger partial charge >= 0.3 is 0 Å². The molecule has 2 heterocycles. The zero-order valence-electron chi connectivity index (χ0n) is 12.1. The number of amides is 1. The third-order valence-electron chi connectivity index (χ3n) is 3.77. The second kappa shape index (κ2) is 5.77. The quantitative estimate of drug-likeness (QED) is 0.945. The third-order valence-corrected chi connectivity index (χ3v) is 4.81. The lowest BCUT2D eigenvalue weighted by atomic mass is 10.1. The molecule has 0 bridgehead atoms. The van der Waals surface area contributed by atoms with Gasteiger partial charge in [0.25, 0.3) is 5.91 Å². The highest BCUT2D eigenvalue weighted by Gasteiger charge is 2.25. The largest absolute Gasteiger partial charge is 0.489 e. The van der Waals surface area contributed by atoms with Crippen LogP contribution in [0.2, 0.25) is 0 Å². The highest BCUT2D eigenvalue weighted by atomic mass is 32.1. The first-order chi connectivity index (χ1) is 10.2. The zero-order valence-corrected chi connectivity index (χ0v) is 12.9. The summed E-state index contributed by atoms with van der Waals surface area (Å²) in [5.74, 6) is 0.649. The molecule has 110 valence electrons. The Morgan fingerprint density at radius 1 is 1.38 bits per heavy atom. The second-order valence-corrected chi connectivity index (χ2v) is 6.04. The van der Waals surface area contributed by atoms with Gasteiger partial charge in [-0.3, -0.25) is 4.79 Å². The summed E-state index contributed by atoms with van der Waals surface area (Å²) >= 11 is 1.66. The summed E-state index contributed by atoms with van der Waals surface area (Å²) in [7, 11) is 1.84. The van der Waals surface area contributed by atoms with Crippen molar-refractivity contribution >= 4 is 22.9 Å². The van der Waals surface area contributed by atoms with Crippen molar-refractivity contribution in [1.82, 2.24) is 4.90 Å². The molecule has 0 saturated carbocycles. The molecule has 1 aromatic heterocycles. The van der Waals surface area contributed by atoms with Crippen molar-refractivity contribution in [3.05, 3.63) is 46.2 Å². The van der Waals surface area contributed by atoms with E-state index in [-0.39, 0.29) is 11.9 Å². The van der Waals surface area contributed by atoms with Gasteiger partial charge in [-0.05, 0) is 30.5 Å². The van der Waals surface area contributed by atoms with Gasteiger partial charge in [0.05, 0.1) is 17.3 Å². The molecular formula is C16H18N2O2S. The molecular weight excluding hydrogens is 284 g/mol. The number of thiophene rings is 1. The zero-order chi connectivity index (χ0) is 14.8. The lowest BCUT2D eigenvalue weighted by Gasteiger charge is -2.27. The van der Waals surface area contributed by atoms with Crippen LogP contribution in [0.5, 0.6) is 5.75 Å². The molecule has 3 rings (SSSR count). The van der Waals surface area contributed by atoms with Crippen LogP contribution in [0.15, 0.2) is 35.7 Å². The summed E-state index contributed by atoms with van der Waals surface area (Å²) in [6, 6.07) is 9.76. The van der Waals surface area contributed by atoms with Gasteiger partial charge in [-0.1, -0.05) is 12.1 Å². The lowest BCUT2D eigenvalue weighted by Crippen LogP contribution is -2.30. The van der Waals surface area contributed by atoms with E-state index in [1.165, 1.54) is 4.88 Å². The third kappa shape index (κ3) is 2.61. The number of hydrogen-bond donors (Lipinski definition) is 1. The molecule has 21 heavy (non-hydrogen) atoms. The summed E-state index contributed by atoms with van der Waals surface area (Å²) in [5, 5.41) is 5.29. The van der Waals surface area contributed by atoms with Crippen molar-refractivity contribution in [2.24, 2.45) is 0 Å². The number of rotatable bonds is 3. The maximum Gasteiger partial charge on any atom is 0.257 e. The molecule has 0 spiro atoms. The Labute approximate surface area is 128 Å². The van der Waals surface area contributed by atoms with Gasteiger partial charge in [-0.25, -0.2) is 0 Å². The summed E-state index contributed by atoms with van der Waals surface area (Å²) in [4.78, 5) is 15.7. The van der Waals surface area contributed by atoms with Crippen LogP contribution in [0.3, 0.4) is 0 Å². The van der Waals surface area contributed by atoms with Gasteiger partial charge in [-0.15, -0.1) is 11.3 Å². The molecule has 1 amide bonds. The monoisotopic (exact) mass is 302 g/mol. The van der Waals surface area contributed by atoms with Crippen LogP contribution in [0.4, 0.5) is 5.69 Å². The first-order valence-electron chi connectivity index (χ1n) is 6.98. The molecule has 1 unspecified atom stereocenters. The van der Waals surface area contributed by atoms with E-state index in [1.54, 1.807) is 16.2 Å². The molecule has 0 saturated heterocycles. The fourth-order valence-corrected chi connectivity index (χ4v) is 3.25. The summed E-state index contributed by atoms with van der Waals surface area (Å²) in [6.45, 7) is 3.39. The van der Waals surface area contributed by atoms with Gasteiger partial charge in [0.1, 0.15) is 6.61 Å². The van der Waals surface area contributed by atoms with Crippen molar-refractivity contribution in [2.75, 3.05) is 25.5 Å². The van der Waals surface area contributed by atoms with Crippen LogP contribution < -0.4 is 10.1 Å². The minimum atomic E-state index is -0.0172. The Balaban J connectivity index is 1.88. The highest BCUT2D eigenvalue weighted by molar-refractivity contribution is 7.10. The SMILES string of the molecule is CC(c1cccs1)N(C)C(=O)c1cccc2c1OCCN2. The van der Waals surface area contributed by atoms with Gasteiger partial charge in [0.2, 0.25) is 0 Å². The minimum Gasteiger partial charge on any atom is -0.489 e. The van der Waals surface area contributed by atoms with Crippen LogP contribution in [0.1, 0.15) is 28.2 Å². The van der Waals surface area contributed by atoms with Crippen molar-refractivity contribution < 1.29 is 9.53 Å². The van der Waals surface area contributed by atoms with E-state index in [4.69, 9.17) is 4.74 Å². The van der Waals surface area contributed by atoms with Gasteiger partial charge in [0, 0.05) is 18.5 Å². The standard InChI is InChI=1S/C16H18N2O2S/c1-11(14-7-4-10-21-14)18(2)16(19)12-5-3-6-13-15(12)20-9-8-17-13/h3-7,10-11,17H,8-9H2,1-2H3. The Bertz CT molecular complexity index is 640.